The van der Waals surface area contributed by atoms with Gasteiger partial charge in [0, 0.05) is 13.1 Å². The Morgan fingerprint density at radius 2 is 2.44 bits per heavy atom. The van der Waals surface area contributed by atoms with Crippen LogP contribution in [-0.4, -0.2) is 26.2 Å². The van der Waals surface area contributed by atoms with Crippen molar-refractivity contribution in [2.45, 2.75) is 13.3 Å². The lowest BCUT2D eigenvalue weighted by molar-refractivity contribution is 0.443. The summed E-state index contributed by atoms with van der Waals surface area (Å²) in [6.07, 6.45) is 1.05. The van der Waals surface area contributed by atoms with E-state index in [1.807, 2.05) is 0 Å². The molecule has 3 nitrogen and oxygen atoms in total. The second-order valence-electron chi connectivity index (χ2n) is 2.51. The summed E-state index contributed by atoms with van der Waals surface area (Å²) in [7, 11) is 0. The van der Waals surface area contributed by atoms with E-state index < -0.39 is 11.3 Å². The zero-order valence-corrected chi connectivity index (χ0v) is 6.23. The van der Waals surface area contributed by atoms with Gasteiger partial charge in [-0.3, -0.25) is 4.55 Å². The van der Waals surface area contributed by atoms with Crippen LogP contribution in [0.1, 0.15) is 13.3 Å². The maximum Gasteiger partial charge on any atom is 0.234 e. The van der Waals surface area contributed by atoms with Crippen molar-refractivity contribution in [1.82, 2.24) is 4.31 Å². The van der Waals surface area contributed by atoms with Crippen LogP contribution >= 0.6 is 0 Å². The molecule has 1 N–H and O–H groups in total. The molecule has 0 aromatic heterocycles. The van der Waals surface area contributed by atoms with Gasteiger partial charge in [0.05, 0.1) is 0 Å². The highest BCUT2D eigenvalue weighted by Crippen LogP contribution is 2.15. The summed E-state index contributed by atoms with van der Waals surface area (Å²) < 4.78 is 20.5. The molecule has 0 radical (unpaired) electrons. The van der Waals surface area contributed by atoms with Gasteiger partial charge in [-0.05, 0) is 12.3 Å². The summed E-state index contributed by atoms with van der Waals surface area (Å²) in [4.78, 5) is 0. The van der Waals surface area contributed by atoms with E-state index in [0.717, 1.165) is 19.5 Å². The van der Waals surface area contributed by atoms with Gasteiger partial charge in [-0.1, -0.05) is 6.92 Å². The molecule has 4 heteroatoms. The molecule has 2 atom stereocenters. The first kappa shape index (κ1) is 7.18. The van der Waals surface area contributed by atoms with Crippen molar-refractivity contribution in [2.24, 2.45) is 5.92 Å². The second kappa shape index (κ2) is 2.77. The van der Waals surface area contributed by atoms with E-state index in [4.69, 9.17) is 4.55 Å². The van der Waals surface area contributed by atoms with Crippen molar-refractivity contribution >= 4 is 11.3 Å². The first-order valence-corrected chi connectivity index (χ1v) is 4.12. The van der Waals surface area contributed by atoms with E-state index in [1.54, 1.807) is 4.31 Å². The van der Waals surface area contributed by atoms with Crippen molar-refractivity contribution < 1.29 is 8.76 Å². The predicted molar refractivity (Wildman–Crippen MR) is 36.1 cm³/mol. The molecule has 0 aromatic carbocycles. The highest BCUT2D eigenvalue weighted by molar-refractivity contribution is 7.76. The average Bonchev–Trinajstić information content (AvgIpc) is 2.14. The number of hydrogen-bond acceptors (Lipinski definition) is 1. The van der Waals surface area contributed by atoms with Crippen LogP contribution in [0, 0.1) is 5.92 Å². The fraction of sp³-hybridized carbons (Fsp3) is 1.00. The number of hydrogen-bond donors (Lipinski definition) is 1. The summed E-state index contributed by atoms with van der Waals surface area (Å²) in [5.41, 5.74) is 0. The Kier molecular flexibility index (Phi) is 2.21. The van der Waals surface area contributed by atoms with Crippen LogP contribution in [0.25, 0.3) is 0 Å². The molecule has 0 saturated carbocycles. The highest BCUT2D eigenvalue weighted by Gasteiger charge is 2.21. The second-order valence-corrected chi connectivity index (χ2v) is 3.49. The molecule has 1 saturated heterocycles. The largest absolute Gasteiger partial charge is 0.294 e. The molecule has 1 rings (SSSR count). The van der Waals surface area contributed by atoms with Gasteiger partial charge in [0.15, 0.2) is 0 Å². The van der Waals surface area contributed by atoms with Crippen LogP contribution in [0.4, 0.5) is 0 Å². The maximum atomic E-state index is 10.4. The number of rotatable bonds is 1. The molecule has 1 aliphatic rings. The smallest absolute Gasteiger partial charge is 0.234 e. The number of nitrogens with zero attached hydrogens (tertiary/aromatic N) is 1. The lowest BCUT2D eigenvalue weighted by atomic mass is 10.2. The fourth-order valence-corrected chi connectivity index (χ4v) is 1.68. The molecule has 0 aliphatic carbocycles. The molecule has 1 unspecified atom stereocenters. The Hall–Kier alpha value is 0.0700. The Morgan fingerprint density at radius 1 is 1.78 bits per heavy atom. The Morgan fingerprint density at radius 3 is 2.67 bits per heavy atom. The Balaban J connectivity index is 2.39. The van der Waals surface area contributed by atoms with Crippen LogP contribution in [-0.2, 0) is 11.3 Å². The van der Waals surface area contributed by atoms with E-state index in [9.17, 15) is 4.21 Å². The van der Waals surface area contributed by atoms with Gasteiger partial charge in [-0.15, -0.1) is 0 Å². The topological polar surface area (TPSA) is 40.5 Å². The van der Waals surface area contributed by atoms with E-state index in [1.165, 1.54) is 0 Å². The van der Waals surface area contributed by atoms with E-state index >= 15 is 0 Å². The van der Waals surface area contributed by atoms with Crippen LogP contribution in [0.15, 0.2) is 0 Å². The minimum absolute atomic E-state index is 0.584. The molecule has 1 aliphatic heterocycles. The first-order valence-electron chi connectivity index (χ1n) is 3.06. The van der Waals surface area contributed by atoms with Gasteiger partial charge in [-0.25, -0.2) is 8.51 Å². The minimum atomic E-state index is -1.73. The molecule has 9 heavy (non-hydrogen) atoms. The summed E-state index contributed by atoms with van der Waals surface area (Å²) in [6, 6.07) is 0. The summed E-state index contributed by atoms with van der Waals surface area (Å²) in [6.45, 7) is 3.63. The standard InChI is InChI=1S/C5H11NO2S/c1-5-2-3-6(4-5)9(7)8/h5H,2-4H2,1H3,(H,7,8)/t5-/m0/s1. The van der Waals surface area contributed by atoms with E-state index in [2.05, 4.69) is 6.92 Å². The minimum Gasteiger partial charge on any atom is -0.294 e. The van der Waals surface area contributed by atoms with Crippen molar-refractivity contribution in [3.63, 3.8) is 0 Å². The SMILES string of the molecule is C[C@H]1CCN(S(=O)O)C1. The normalized spacial score (nSPS) is 32.9. The van der Waals surface area contributed by atoms with Crippen LogP contribution < -0.4 is 0 Å². The molecule has 1 heterocycles. The monoisotopic (exact) mass is 149 g/mol. The van der Waals surface area contributed by atoms with Gasteiger partial charge in [0.2, 0.25) is 11.3 Å². The van der Waals surface area contributed by atoms with Crippen LogP contribution in [0.5, 0.6) is 0 Å². The lowest BCUT2D eigenvalue weighted by Gasteiger charge is -2.06. The third kappa shape index (κ3) is 1.74. The van der Waals surface area contributed by atoms with Crippen LogP contribution in [0.2, 0.25) is 0 Å². The van der Waals surface area contributed by atoms with Crippen molar-refractivity contribution in [1.29, 1.82) is 0 Å². The van der Waals surface area contributed by atoms with Crippen molar-refractivity contribution in [3.05, 3.63) is 0 Å². The van der Waals surface area contributed by atoms with E-state index in [0.29, 0.717) is 5.92 Å². The molecule has 0 spiro atoms. The third-order valence-electron chi connectivity index (χ3n) is 1.61. The zero-order valence-electron chi connectivity index (χ0n) is 5.41. The van der Waals surface area contributed by atoms with Gasteiger partial charge < -0.3 is 0 Å². The molecule has 0 amide bonds. The van der Waals surface area contributed by atoms with Gasteiger partial charge >= 0.3 is 0 Å². The van der Waals surface area contributed by atoms with Crippen LogP contribution in [0.3, 0.4) is 0 Å². The zero-order chi connectivity index (χ0) is 6.85. The predicted octanol–water partition coefficient (Wildman–Crippen LogP) is 0.465. The van der Waals surface area contributed by atoms with Crippen molar-refractivity contribution in [3.8, 4) is 0 Å². The quantitative estimate of drug-likeness (QED) is 0.550. The molecule has 0 bridgehead atoms. The fourth-order valence-electron chi connectivity index (χ4n) is 1.04. The third-order valence-corrected chi connectivity index (χ3v) is 2.38. The van der Waals surface area contributed by atoms with Gasteiger partial charge in [-0.2, -0.15) is 0 Å². The van der Waals surface area contributed by atoms with Gasteiger partial charge in [0.1, 0.15) is 0 Å². The molecular weight excluding hydrogens is 138 g/mol. The molecule has 1 fully saturated rings. The molecule has 0 aromatic rings. The van der Waals surface area contributed by atoms with Gasteiger partial charge in [0.25, 0.3) is 0 Å². The average molecular weight is 149 g/mol. The molecular formula is C5H11NO2S. The molecule has 54 valence electrons. The van der Waals surface area contributed by atoms with Crippen molar-refractivity contribution in [2.75, 3.05) is 13.1 Å². The lowest BCUT2D eigenvalue weighted by Crippen LogP contribution is -2.21. The Labute approximate surface area is 57.5 Å². The summed E-state index contributed by atoms with van der Waals surface area (Å²) in [5.74, 6) is 0.584. The first-order chi connectivity index (χ1) is 4.20. The Bertz CT molecular complexity index is 128. The summed E-state index contributed by atoms with van der Waals surface area (Å²) in [5, 5.41) is 0. The highest BCUT2D eigenvalue weighted by atomic mass is 32.2. The van der Waals surface area contributed by atoms with E-state index in [-0.39, 0.29) is 0 Å². The maximum absolute atomic E-state index is 10.4. The summed E-state index contributed by atoms with van der Waals surface area (Å²) >= 11 is -1.73.